The largest absolute Gasteiger partial charge is 0.457 e. The number of pyridine rings is 1. The van der Waals surface area contributed by atoms with E-state index in [1.807, 2.05) is 12.3 Å². The first-order valence-electron chi connectivity index (χ1n) is 26.4. The van der Waals surface area contributed by atoms with Crippen molar-refractivity contribution in [2.24, 2.45) is 0 Å². The lowest BCUT2D eigenvalue weighted by molar-refractivity contribution is 0.483. The molecule has 5 heterocycles. The Kier molecular flexibility index (Phi) is 9.63. The number of fused-ring (bicyclic) bond motifs is 15. The highest BCUT2D eigenvalue weighted by molar-refractivity contribution is 6.25. The number of nitrogens with zero attached hydrogens (tertiary/aromatic N) is 4. The number of aromatic nitrogens is 2. The summed E-state index contributed by atoms with van der Waals surface area (Å²) in [7, 11) is 0. The van der Waals surface area contributed by atoms with E-state index in [0.29, 0.717) is 6.67 Å². The van der Waals surface area contributed by atoms with Crippen molar-refractivity contribution in [1.29, 1.82) is 0 Å². The molecule has 14 aromatic rings. The average molecular weight is 983 g/mol. The van der Waals surface area contributed by atoms with Crippen molar-refractivity contribution in [2.75, 3.05) is 16.5 Å². The Labute approximate surface area is 445 Å². The summed E-state index contributed by atoms with van der Waals surface area (Å²) in [5.41, 5.74) is 19.3. The van der Waals surface area contributed by atoms with Gasteiger partial charge in [0.05, 0.1) is 33.8 Å². The molecule has 0 spiro atoms. The molecule has 360 valence electrons. The molecule has 0 radical (unpaired) electrons. The summed E-state index contributed by atoms with van der Waals surface area (Å²) in [5.74, 6) is 1.49. The number of hydrogen-bond donors (Lipinski definition) is 0. The van der Waals surface area contributed by atoms with Crippen LogP contribution in [-0.2, 0) is 0 Å². The molecule has 5 nitrogen and oxygen atoms in total. The predicted octanol–water partition coefficient (Wildman–Crippen LogP) is 19.4. The fraction of sp³-hybridized carbons (Fsp3) is 0.0139. The quantitative estimate of drug-likeness (QED) is 0.166. The summed E-state index contributed by atoms with van der Waals surface area (Å²) in [6.45, 7) is 0.571. The summed E-state index contributed by atoms with van der Waals surface area (Å²) in [4.78, 5) is 10.3. The molecule has 0 saturated carbocycles. The molecule has 2 aliphatic rings. The number of benzene rings is 11. The van der Waals surface area contributed by atoms with E-state index in [4.69, 9.17) is 9.72 Å². The number of ether oxygens (including phenoxy) is 1. The van der Waals surface area contributed by atoms with Crippen LogP contribution in [0.15, 0.2) is 267 Å². The van der Waals surface area contributed by atoms with Crippen LogP contribution in [0.2, 0.25) is 0 Å². The first kappa shape index (κ1) is 43.2. The van der Waals surface area contributed by atoms with Gasteiger partial charge < -0.3 is 14.5 Å². The van der Waals surface area contributed by atoms with Crippen molar-refractivity contribution in [3.05, 3.63) is 267 Å². The molecule has 0 fully saturated rings. The second kappa shape index (κ2) is 17.2. The minimum absolute atomic E-state index is 0.571. The van der Waals surface area contributed by atoms with Crippen LogP contribution in [0.3, 0.4) is 0 Å². The Morgan fingerprint density at radius 1 is 0.312 bits per heavy atom. The molecule has 0 bridgehead atoms. The first-order chi connectivity index (χ1) is 38.2. The van der Waals surface area contributed by atoms with E-state index < -0.39 is 0 Å². The van der Waals surface area contributed by atoms with Crippen molar-refractivity contribution >= 4 is 82.5 Å². The second-order valence-corrected chi connectivity index (χ2v) is 20.2. The zero-order chi connectivity index (χ0) is 50.6. The van der Waals surface area contributed by atoms with Crippen molar-refractivity contribution in [2.45, 2.75) is 0 Å². The highest BCUT2D eigenvalue weighted by Crippen LogP contribution is 2.59. The van der Waals surface area contributed by atoms with E-state index in [0.717, 1.165) is 77.7 Å². The minimum atomic E-state index is 0.571. The lowest BCUT2D eigenvalue weighted by Gasteiger charge is -2.28. The standard InChI is InChI=1S/C72H46N4O/c1-4-19-46(20-5-1)49-41-65-59-30-15-12-27-56(59)60-38-36-50(43-66(60)74-45-75(68(42-49)71(65)74)69-52(47-21-6-2-7-22-47)31-16-32-53(69)48-23-8-3-9-24-48)77-51-37-39-61-63-34-17-33-62-57-28-13-10-25-54(57)55-26-11-14-29-58(55)64-35-18-40-73-72(64)76(70(62)63)67(61)44-51/h1-44H,45H2. The lowest BCUT2D eigenvalue weighted by atomic mass is 9.91. The number of anilines is 4. The van der Waals surface area contributed by atoms with Gasteiger partial charge in [-0.1, -0.05) is 200 Å². The van der Waals surface area contributed by atoms with Gasteiger partial charge in [0.25, 0.3) is 0 Å². The highest BCUT2D eigenvalue weighted by atomic mass is 16.5. The van der Waals surface area contributed by atoms with Crippen LogP contribution in [0.5, 0.6) is 11.5 Å². The van der Waals surface area contributed by atoms with Crippen LogP contribution in [-0.4, -0.2) is 16.1 Å². The highest BCUT2D eigenvalue weighted by Gasteiger charge is 2.38. The Bertz CT molecular complexity index is 4700. The molecule has 77 heavy (non-hydrogen) atoms. The molecule has 0 saturated heterocycles. The van der Waals surface area contributed by atoms with Gasteiger partial charge in [0.1, 0.15) is 23.8 Å². The number of para-hydroxylation sites is 2. The third-order valence-electron chi connectivity index (χ3n) is 16.0. The Hall–Kier alpha value is -10.2. The van der Waals surface area contributed by atoms with Crippen molar-refractivity contribution in [3.63, 3.8) is 0 Å². The molecule has 0 aliphatic carbocycles. The molecule has 0 amide bonds. The van der Waals surface area contributed by atoms with E-state index in [1.54, 1.807) is 0 Å². The normalized spacial score (nSPS) is 12.6. The lowest BCUT2D eigenvalue weighted by Crippen LogP contribution is -2.25. The molecular weight excluding hydrogens is 937 g/mol. The van der Waals surface area contributed by atoms with Crippen LogP contribution >= 0.6 is 0 Å². The maximum Gasteiger partial charge on any atom is 0.145 e. The zero-order valence-electron chi connectivity index (χ0n) is 41.8. The van der Waals surface area contributed by atoms with E-state index in [2.05, 4.69) is 269 Å². The van der Waals surface area contributed by atoms with Crippen molar-refractivity contribution in [1.82, 2.24) is 9.38 Å². The molecule has 0 unspecified atom stereocenters. The SMILES string of the molecule is c1ccc(-c2cc3c4c(c2)N(c2c(-c5ccccc5)cccc2-c2ccccc2)CN4c2cc(Oc4ccc5c6cccc7c8ccccc8c8ccccc8c8cccnc8n(c5c4)c76)ccc2-c2ccccc2-3)cc1. The van der Waals surface area contributed by atoms with Gasteiger partial charge in [-0.15, -0.1) is 0 Å². The predicted molar refractivity (Wildman–Crippen MR) is 321 cm³/mol. The molecular formula is C72H46N4O. The van der Waals surface area contributed by atoms with Crippen LogP contribution in [0.1, 0.15) is 0 Å². The summed E-state index contributed by atoms with van der Waals surface area (Å²) < 4.78 is 9.54. The fourth-order valence-electron chi connectivity index (χ4n) is 12.7. The first-order valence-corrected chi connectivity index (χ1v) is 26.4. The summed E-state index contributed by atoms with van der Waals surface area (Å²) in [6.07, 6.45) is 1.91. The molecule has 2 aliphatic heterocycles. The monoisotopic (exact) mass is 982 g/mol. The van der Waals surface area contributed by atoms with Gasteiger partial charge in [-0.3, -0.25) is 4.40 Å². The molecule has 11 aromatic carbocycles. The third-order valence-corrected chi connectivity index (χ3v) is 16.0. The molecule has 0 N–H and O–H groups in total. The maximum absolute atomic E-state index is 7.17. The van der Waals surface area contributed by atoms with Gasteiger partial charge in [0.15, 0.2) is 0 Å². The summed E-state index contributed by atoms with van der Waals surface area (Å²) in [5, 5.41) is 9.25. The van der Waals surface area contributed by atoms with Crippen molar-refractivity contribution in [3.8, 4) is 67.1 Å². The Morgan fingerprint density at radius 2 is 0.818 bits per heavy atom. The second-order valence-electron chi connectivity index (χ2n) is 20.2. The number of hydrogen-bond acceptors (Lipinski definition) is 4. The van der Waals surface area contributed by atoms with Crippen molar-refractivity contribution < 1.29 is 4.74 Å². The fourth-order valence-corrected chi connectivity index (χ4v) is 12.7. The molecule has 16 rings (SSSR count). The zero-order valence-corrected chi connectivity index (χ0v) is 41.8. The summed E-state index contributed by atoms with van der Waals surface area (Å²) in [6, 6.07) is 94.6. The van der Waals surface area contributed by atoms with E-state index in [1.165, 1.54) is 71.9 Å². The van der Waals surface area contributed by atoms with Gasteiger partial charge in [-0.05, 0) is 103 Å². The molecule has 0 atom stereocenters. The van der Waals surface area contributed by atoms with Crippen LogP contribution in [0, 0.1) is 0 Å². The smallest absolute Gasteiger partial charge is 0.145 e. The van der Waals surface area contributed by atoms with Gasteiger partial charge in [0.2, 0.25) is 0 Å². The summed E-state index contributed by atoms with van der Waals surface area (Å²) >= 11 is 0. The van der Waals surface area contributed by atoms with Crippen LogP contribution in [0.4, 0.5) is 22.7 Å². The molecule has 3 aromatic heterocycles. The topological polar surface area (TPSA) is 33.0 Å². The third kappa shape index (κ3) is 6.70. The van der Waals surface area contributed by atoms with Crippen LogP contribution < -0.4 is 14.5 Å². The van der Waals surface area contributed by atoms with Gasteiger partial charge in [-0.25, -0.2) is 4.98 Å². The van der Waals surface area contributed by atoms with E-state index in [-0.39, 0.29) is 0 Å². The van der Waals surface area contributed by atoms with Gasteiger partial charge in [-0.2, -0.15) is 0 Å². The Balaban J connectivity index is 0.913. The maximum atomic E-state index is 7.17. The van der Waals surface area contributed by atoms with E-state index in [9.17, 15) is 0 Å². The minimum Gasteiger partial charge on any atom is -0.457 e. The van der Waals surface area contributed by atoms with Gasteiger partial charge >= 0.3 is 0 Å². The Morgan fingerprint density at radius 3 is 1.51 bits per heavy atom. The van der Waals surface area contributed by atoms with E-state index >= 15 is 0 Å². The van der Waals surface area contributed by atoms with Gasteiger partial charge in [0, 0.05) is 62.1 Å². The van der Waals surface area contributed by atoms with Crippen LogP contribution in [0.25, 0.3) is 115 Å². The average Bonchev–Trinajstić information content (AvgIpc) is 4.24. The number of rotatable bonds is 6. The molecule has 5 heteroatoms.